The number of phenolic OH excluding ortho intramolecular Hbond substituents is 1. The van der Waals surface area contributed by atoms with Crippen molar-refractivity contribution in [2.45, 2.75) is 9.79 Å². The number of phenols is 2. The van der Waals surface area contributed by atoms with Crippen LogP contribution in [0, 0.1) is 0 Å². The zero-order valence-corrected chi connectivity index (χ0v) is 31.9. The predicted octanol–water partition coefficient (Wildman–Crippen LogP) is 10.4. The fourth-order valence-corrected chi connectivity index (χ4v) is 7.50. The van der Waals surface area contributed by atoms with E-state index in [4.69, 9.17) is 16.9 Å². The SMILES string of the molecule is Nc1cc(S(=O)(=O)O)cc2cc(S(=O)(O)=S)c(N=Nc3ccc(N=Nc4ccc(-c5ccc(N=Nc6ccc(O)c(C(=O)O)c6)cc5)cc4)c4ccccc34)c(O)c12. The highest BCUT2D eigenvalue weighted by molar-refractivity contribution is 8.29. The molecule has 0 aromatic heterocycles. The van der Waals surface area contributed by atoms with Crippen LogP contribution in [0.15, 0.2) is 162 Å². The minimum atomic E-state index is -4.70. The van der Waals surface area contributed by atoms with Crippen LogP contribution >= 0.6 is 0 Å². The fraction of sp³-hybridized carbons (Fsp3) is 0. The van der Waals surface area contributed by atoms with Gasteiger partial charge in [-0.25, -0.2) is 9.00 Å². The summed E-state index contributed by atoms with van der Waals surface area (Å²) in [6.45, 7) is 0. The highest BCUT2D eigenvalue weighted by Gasteiger charge is 2.23. The first-order chi connectivity index (χ1) is 27.6. The number of nitrogen functional groups attached to an aromatic ring is 1. The van der Waals surface area contributed by atoms with Crippen molar-refractivity contribution in [3.63, 3.8) is 0 Å². The fourth-order valence-electron chi connectivity index (χ4n) is 5.90. The molecule has 0 aliphatic carbocycles. The van der Waals surface area contributed by atoms with Gasteiger partial charge >= 0.3 is 5.97 Å². The van der Waals surface area contributed by atoms with Crippen LogP contribution in [0.1, 0.15) is 10.4 Å². The topological polar surface area (TPSA) is 270 Å². The Balaban J connectivity index is 1.12. The number of aromatic hydroxyl groups is 2. The number of fused-ring (bicyclic) bond motifs is 2. The molecule has 0 bridgehead atoms. The van der Waals surface area contributed by atoms with Crippen molar-refractivity contribution in [3.8, 4) is 22.6 Å². The van der Waals surface area contributed by atoms with Gasteiger partial charge in [-0.2, -0.15) is 23.8 Å². The molecule has 0 fully saturated rings. The monoisotopic (exact) mass is 833 g/mol. The molecule has 0 saturated carbocycles. The molecular formula is C39H27N7O9S3. The summed E-state index contributed by atoms with van der Waals surface area (Å²) in [5, 5.41) is 56.6. The van der Waals surface area contributed by atoms with E-state index in [1.807, 2.05) is 24.3 Å². The number of carboxylic acids is 1. The van der Waals surface area contributed by atoms with Crippen LogP contribution in [0.3, 0.4) is 0 Å². The van der Waals surface area contributed by atoms with Gasteiger partial charge in [0.05, 0.1) is 38.2 Å². The zero-order chi connectivity index (χ0) is 41.4. The number of nitrogens with zero attached hydrogens (tertiary/aromatic N) is 6. The average molecular weight is 834 g/mol. The van der Waals surface area contributed by atoms with Gasteiger partial charge in [-0.1, -0.05) is 48.5 Å². The molecule has 7 N–H and O–H groups in total. The smallest absolute Gasteiger partial charge is 0.339 e. The first-order valence-corrected chi connectivity index (χ1v) is 20.5. The Morgan fingerprint density at radius 3 is 1.67 bits per heavy atom. The maximum absolute atomic E-state index is 12.7. The minimum absolute atomic E-state index is 0.0809. The maximum atomic E-state index is 12.7. The lowest BCUT2D eigenvalue weighted by atomic mass is 10.1. The van der Waals surface area contributed by atoms with Crippen molar-refractivity contribution in [3.05, 3.63) is 127 Å². The predicted molar refractivity (Wildman–Crippen MR) is 220 cm³/mol. The van der Waals surface area contributed by atoms with E-state index >= 15 is 0 Å². The third kappa shape index (κ3) is 8.24. The molecular weight excluding hydrogens is 807 g/mol. The van der Waals surface area contributed by atoms with E-state index in [1.165, 1.54) is 18.2 Å². The molecule has 0 aliphatic heterocycles. The molecule has 0 heterocycles. The van der Waals surface area contributed by atoms with Gasteiger partial charge in [0.15, 0.2) is 14.5 Å². The first-order valence-electron chi connectivity index (χ1n) is 16.6. The lowest BCUT2D eigenvalue weighted by Crippen LogP contribution is -2.02. The van der Waals surface area contributed by atoms with E-state index in [0.717, 1.165) is 29.3 Å². The van der Waals surface area contributed by atoms with E-state index < -0.39 is 46.1 Å². The highest BCUT2D eigenvalue weighted by Crippen LogP contribution is 2.45. The number of azo groups is 3. The zero-order valence-electron chi connectivity index (χ0n) is 29.4. The molecule has 7 aromatic carbocycles. The maximum Gasteiger partial charge on any atom is 0.339 e. The first kappa shape index (κ1) is 39.2. The van der Waals surface area contributed by atoms with Crippen LogP contribution in [0.2, 0.25) is 0 Å². The third-order valence-electron chi connectivity index (χ3n) is 8.70. The number of benzene rings is 7. The molecule has 0 amide bonds. The van der Waals surface area contributed by atoms with Crippen molar-refractivity contribution < 1.29 is 41.8 Å². The van der Waals surface area contributed by atoms with Crippen molar-refractivity contribution in [2.75, 3.05) is 5.73 Å². The van der Waals surface area contributed by atoms with Gasteiger partial charge < -0.3 is 25.6 Å². The summed E-state index contributed by atoms with van der Waals surface area (Å²) in [5.74, 6) is -2.31. The summed E-state index contributed by atoms with van der Waals surface area (Å²) >= 11 is 4.79. The van der Waals surface area contributed by atoms with Gasteiger partial charge in [-0.05, 0) is 89.3 Å². The quantitative estimate of drug-likeness (QED) is 0.0428. The van der Waals surface area contributed by atoms with Crippen LogP contribution < -0.4 is 5.73 Å². The number of carbonyl (C=O) groups is 1. The number of anilines is 1. The summed E-state index contributed by atoms with van der Waals surface area (Å²) in [6.07, 6.45) is 0. The largest absolute Gasteiger partial charge is 0.507 e. The Morgan fingerprint density at radius 2 is 1.14 bits per heavy atom. The van der Waals surface area contributed by atoms with Crippen molar-refractivity contribution in [1.29, 1.82) is 0 Å². The van der Waals surface area contributed by atoms with Crippen LogP contribution in [0.25, 0.3) is 32.7 Å². The molecule has 7 aromatic rings. The molecule has 1 unspecified atom stereocenters. The molecule has 19 heteroatoms. The Morgan fingerprint density at radius 1 is 0.621 bits per heavy atom. The Kier molecular flexibility index (Phi) is 10.5. The van der Waals surface area contributed by atoms with Crippen molar-refractivity contribution >= 4 is 97.4 Å². The van der Waals surface area contributed by atoms with E-state index in [0.29, 0.717) is 33.5 Å². The van der Waals surface area contributed by atoms with Crippen LogP contribution in [-0.4, -0.2) is 43.0 Å². The highest BCUT2D eigenvalue weighted by atomic mass is 32.8. The average Bonchev–Trinajstić information content (AvgIpc) is 3.19. The Bertz CT molecular complexity index is 3120. The second-order valence-electron chi connectivity index (χ2n) is 12.5. The molecule has 0 spiro atoms. The lowest BCUT2D eigenvalue weighted by Gasteiger charge is -2.13. The summed E-state index contributed by atoms with van der Waals surface area (Å²) in [6, 6.07) is 31.8. The van der Waals surface area contributed by atoms with E-state index in [9.17, 15) is 41.8 Å². The van der Waals surface area contributed by atoms with Gasteiger partial charge in [-0.3, -0.25) is 4.55 Å². The molecule has 0 radical (unpaired) electrons. The van der Waals surface area contributed by atoms with Gasteiger partial charge in [0.25, 0.3) is 10.1 Å². The number of carboxylic acid groups (broad SMARTS) is 1. The number of aromatic carboxylic acids is 1. The summed E-state index contributed by atoms with van der Waals surface area (Å²) in [4.78, 5) is 10.2. The van der Waals surface area contributed by atoms with Gasteiger partial charge in [0, 0.05) is 33.0 Å². The Hall–Kier alpha value is -7.03. The third-order valence-corrected chi connectivity index (χ3v) is 10.9. The van der Waals surface area contributed by atoms with Crippen molar-refractivity contribution in [1.82, 2.24) is 0 Å². The van der Waals surface area contributed by atoms with Crippen molar-refractivity contribution in [2.24, 2.45) is 30.7 Å². The number of nitrogens with two attached hydrogens (primary N) is 1. The van der Waals surface area contributed by atoms with Gasteiger partial charge in [0.2, 0.25) is 0 Å². The second-order valence-corrected chi connectivity index (χ2v) is 16.6. The van der Waals surface area contributed by atoms with Gasteiger partial charge in [-0.15, -0.1) is 15.3 Å². The normalized spacial score (nSPS) is 13.2. The molecule has 16 nitrogen and oxygen atoms in total. The lowest BCUT2D eigenvalue weighted by molar-refractivity contribution is 0.0693. The minimum Gasteiger partial charge on any atom is -0.507 e. The van der Waals surface area contributed by atoms with E-state index in [1.54, 1.807) is 60.7 Å². The summed E-state index contributed by atoms with van der Waals surface area (Å²) in [5.41, 5.74) is 8.99. The number of hydrogen-bond acceptors (Lipinski definition) is 14. The standard InChI is InChI=1S/C39H27N7O9S3/c40-31-20-27(57(51,52)53)17-23-18-35(58(54,55)56)37(38(48)36(23)31)46-45-33-15-14-32(28-3-1-2-4-29(28)33)44-42-25-11-7-22(8-12-25)21-5-9-24(10-6-21)41-43-26-13-16-34(47)30(19-26)39(49)50/h1-20,47-48H,40H2,(H,49,50)(H,51,52,53)(H,54,55,56). The van der Waals surface area contributed by atoms with Crippen LogP contribution in [-0.2, 0) is 30.1 Å². The second kappa shape index (κ2) is 15.5. The number of hydrogen-bond donors (Lipinski definition) is 6. The van der Waals surface area contributed by atoms with Crippen LogP contribution in [0.5, 0.6) is 11.5 Å². The summed E-state index contributed by atoms with van der Waals surface area (Å²) < 4.78 is 56.1. The van der Waals surface area contributed by atoms with Gasteiger partial charge in [0.1, 0.15) is 17.0 Å². The molecule has 58 heavy (non-hydrogen) atoms. The molecule has 290 valence electrons. The molecule has 7 rings (SSSR count). The molecule has 0 saturated heterocycles. The number of rotatable bonds is 10. The van der Waals surface area contributed by atoms with Crippen LogP contribution in [0.4, 0.5) is 39.8 Å². The Labute approximate surface area is 333 Å². The van der Waals surface area contributed by atoms with E-state index in [2.05, 4.69) is 30.7 Å². The molecule has 0 aliphatic rings. The molecule has 1 atom stereocenters. The van der Waals surface area contributed by atoms with E-state index in [-0.39, 0.29) is 33.5 Å². The summed E-state index contributed by atoms with van der Waals surface area (Å²) in [7, 11) is -8.92.